The number of aromatic amines is 1. The highest BCUT2D eigenvalue weighted by atomic mass is 31.2. The molecule has 12 heteroatoms. The van der Waals surface area contributed by atoms with E-state index in [1.54, 1.807) is 0 Å². The third-order valence-corrected chi connectivity index (χ3v) is 4.21. The van der Waals surface area contributed by atoms with Crippen LogP contribution in [-0.4, -0.2) is 55.4 Å². The van der Waals surface area contributed by atoms with Crippen LogP contribution in [0, 0.1) is 0 Å². The van der Waals surface area contributed by atoms with Crippen molar-refractivity contribution in [1.82, 2.24) is 9.55 Å². The van der Waals surface area contributed by atoms with Gasteiger partial charge in [-0.25, -0.2) is 4.79 Å². The van der Waals surface area contributed by atoms with Crippen LogP contribution in [0.1, 0.15) is 6.23 Å². The van der Waals surface area contributed by atoms with Crippen molar-refractivity contribution in [2.24, 2.45) is 0 Å². The summed E-state index contributed by atoms with van der Waals surface area (Å²) >= 11 is 0. The van der Waals surface area contributed by atoms with Gasteiger partial charge in [-0.1, -0.05) is 0 Å². The van der Waals surface area contributed by atoms with Crippen molar-refractivity contribution in [3.63, 3.8) is 0 Å². The van der Waals surface area contributed by atoms with Crippen LogP contribution in [0.3, 0.4) is 0 Å². The molecule has 0 spiro atoms. The molecule has 2 aliphatic rings. The molecule has 1 aromatic heterocycles. The Morgan fingerprint density at radius 1 is 1.23 bits per heavy atom. The zero-order valence-electron chi connectivity index (χ0n) is 10.9. The number of aliphatic hydroxyl groups excluding tert-OH is 1. The fourth-order valence-electron chi connectivity index (χ4n) is 2.48. The van der Waals surface area contributed by atoms with E-state index in [1.165, 1.54) is 0 Å². The first-order valence-corrected chi connectivity index (χ1v) is 7.93. The van der Waals surface area contributed by atoms with E-state index in [2.05, 4.69) is 0 Å². The standard InChI is InChI=1S/C10H13N2O9P/c13-3-4-6-7(21-10(20-6)22(16,17)18)8(19-4)12-2-1-5(14)11-9(12)15/h1-2,4,6-8,10,13H,3H2,(H,11,14,15)(H2,16,17,18)/t4-,6-,7-,8-,10+/m1/s1. The van der Waals surface area contributed by atoms with E-state index in [4.69, 9.17) is 24.0 Å². The number of fused-ring (bicyclic) bond motifs is 1. The Bertz CT molecular complexity index is 724. The monoisotopic (exact) mass is 336 g/mol. The Balaban J connectivity index is 1.95. The summed E-state index contributed by atoms with van der Waals surface area (Å²) in [6.45, 7) is -0.493. The number of rotatable bonds is 3. The number of H-pyrrole nitrogens is 1. The molecule has 0 radical (unpaired) electrons. The quantitative estimate of drug-likeness (QED) is 0.444. The molecule has 4 N–H and O–H groups in total. The van der Waals surface area contributed by atoms with Gasteiger partial charge in [-0.2, -0.15) is 0 Å². The molecule has 0 saturated carbocycles. The fraction of sp³-hybridized carbons (Fsp3) is 0.600. The van der Waals surface area contributed by atoms with Crippen LogP contribution in [0.4, 0.5) is 0 Å². The number of hydrogen-bond acceptors (Lipinski definition) is 7. The van der Waals surface area contributed by atoms with Crippen LogP contribution >= 0.6 is 7.60 Å². The molecule has 0 bridgehead atoms. The molecule has 22 heavy (non-hydrogen) atoms. The number of hydrogen-bond donors (Lipinski definition) is 4. The number of aliphatic hydroxyl groups is 1. The summed E-state index contributed by atoms with van der Waals surface area (Å²) in [6.07, 6.45) is -2.82. The minimum Gasteiger partial charge on any atom is -0.394 e. The van der Waals surface area contributed by atoms with Crippen molar-refractivity contribution in [3.05, 3.63) is 33.1 Å². The van der Waals surface area contributed by atoms with E-state index in [-0.39, 0.29) is 0 Å². The zero-order chi connectivity index (χ0) is 16.1. The Morgan fingerprint density at radius 2 is 1.91 bits per heavy atom. The first kappa shape index (κ1) is 15.6. The second-order valence-corrected chi connectivity index (χ2v) is 6.46. The molecule has 11 nitrogen and oxygen atoms in total. The normalized spacial score (nSPS) is 34.8. The van der Waals surface area contributed by atoms with Gasteiger partial charge in [0.15, 0.2) is 6.23 Å². The first-order chi connectivity index (χ1) is 10.3. The van der Waals surface area contributed by atoms with Crippen molar-refractivity contribution in [2.75, 3.05) is 6.61 Å². The summed E-state index contributed by atoms with van der Waals surface area (Å²) in [5.41, 5.74) is -1.38. The predicted octanol–water partition coefficient (Wildman–Crippen LogP) is -2.33. The van der Waals surface area contributed by atoms with Gasteiger partial charge in [0.05, 0.1) is 6.61 Å². The topological polar surface area (TPSA) is 160 Å². The molecule has 5 atom stereocenters. The molecule has 3 rings (SSSR count). The van der Waals surface area contributed by atoms with Gasteiger partial charge in [-0.05, 0) is 0 Å². The lowest BCUT2D eigenvalue weighted by molar-refractivity contribution is -0.130. The molecule has 0 aliphatic carbocycles. The van der Waals surface area contributed by atoms with Gasteiger partial charge in [-0.15, -0.1) is 0 Å². The third kappa shape index (κ3) is 2.57. The Kier molecular flexibility index (Phi) is 3.81. The van der Waals surface area contributed by atoms with Gasteiger partial charge in [0.25, 0.3) is 11.6 Å². The fourth-order valence-corrected chi connectivity index (χ4v) is 3.07. The second kappa shape index (κ2) is 5.39. The van der Waals surface area contributed by atoms with Gasteiger partial charge >= 0.3 is 13.3 Å². The average Bonchev–Trinajstić information content (AvgIpc) is 2.97. The zero-order valence-corrected chi connectivity index (χ0v) is 11.8. The summed E-state index contributed by atoms with van der Waals surface area (Å²) < 4.78 is 27.9. The van der Waals surface area contributed by atoms with E-state index in [0.717, 1.165) is 16.8 Å². The van der Waals surface area contributed by atoms with Gasteiger partial charge in [0.2, 0.25) is 0 Å². The summed E-state index contributed by atoms with van der Waals surface area (Å²) in [6, 6.07) is -0.705. The van der Waals surface area contributed by atoms with Crippen LogP contribution < -0.4 is 11.2 Å². The van der Waals surface area contributed by atoms with Gasteiger partial charge < -0.3 is 29.1 Å². The highest BCUT2D eigenvalue weighted by Gasteiger charge is 2.57. The van der Waals surface area contributed by atoms with Gasteiger partial charge in [-0.3, -0.25) is 18.9 Å². The lowest BCUT2D eigenvalue weighted by Crippen LogP contribution is -2.36. The second-order valence-electron chi connectivity index (χ2n) is 4.86. The summed E-state index contributed by atoms with van der Waals surface area (Å²) in [5, 5.41) is 9.28. The van der Waals surface area contributed by atoms with Crippen LogP contribution in [0.5, 0.6) is 0 Å². The minimum absolute atomic E-state index is 0.493. The van der Waals surface area contributed by atoms with Gasteiger partial charge in [0, 0.05) is 12.3 Å². The molecule has 0 aromatic carbocycles. The Hall–Kier alpha value is -1.33. The van der Waals surface area contributed by atoms with Crippen LogP contribution in [0.25, 0.3) is 0 Å². The van der Waals surface area contributed by atoms with E-state index in [9.17, 15) is 19.3 Å². The smallest absolute Gasteiger partial charge is 0.381 e. The van der Waals surface area contributed by atoms with E-state index >= 15 is 0 Å². The first-order valence-electron chi connectivity index (χ1n) is 6.25. The average molecular weight is 336 g/mol. The molecule has 1 aromatic rings. The van der Waals surface area contributed by atoms with Crippen LogP contribution in [0.2, 0.25) is 0 Å². The minimum atomic E-state index is -4.67. The maximum atomic E-state index is 11.8. The number of nitrogens with one attached hydrogen (secondary N) is 1. The lowest BCUT2D eigenvalue weighted by Gasteiger charge is -2.20. The lowest BCUT2D eigenvalue weighted by atomic mass is 10.1. The largest absolute Gasteiger partial charge is 0.394 e. The van der Waals surface area contributed by atoms with Crippen LogP contribution in [0.15, 0.2) is 21.9 Å². The number of ether oxygens (including phenoxy) is 3. The van der Waals surface area contributed by atoms with Crippen LogP contribution in [-0.2, 0) is 18.8 Å². The SMILES string of the molecule is O=c1ccn([C@@H]2O[C@H](CO)[C@H]3O[C@H](P(=O)(O)O)O[C@H]32)c(=O)[nH]1. The van der Waals surface area contributed by atoms with Crippen molar-refractivity contribution in [2.45, 2.75) is 30.6 Å². The summed E-state index contributed by atoms with van der Waals surface area (Å²) in [5.74, 6) is 0. The molecule has 2 fully saturated rings. The van der Waals surface area contributed by atoms with Crippen molar-refractivity contribution < 1.29 is 33.7 Å². The molecule has 0 amide bonds. The van der Waals surface area contributed by atoms with E-state index in [0.29, 0.717) is 0 Å². The van der Waals surface area contributed by atoms with Crippen molar-refractivity contribution >= 4 is 7.60 Å². The maximum Gasteiger partial charge on any atom is 0.381 e. The summed E-state index contributed by atoms with van der Waals surface area (Å²) in [4.78, 5) is 43.2. The molecular weight excluding hydrogens is 323 g/mol. The molecule has 3 heterocycles. The molecule has 2 aliphatic heterocycles. The molecule has 122 valence electrons. The summed E-state index contributed by atoms with van der Waals surface area (Å²) in [7, 11) is -4.67. The highest BCUT2D eigenvalue weighted by molar-refractivity contribution is 7.52. The predicted molar refractivity (Wildman–Crippen MR) is 67.9 cm³/mol. The van der Waals surface area contributed by atoms with Crippen molar-refractivity contribution in [1.29, 1.82) is 0 Å². The number of nitrogens with zero attached hydrogens (tertiary/aromatic N) is 1. The number of aromatic nitrogens is 2. The molecular formula is C10H13N2O9P. The molecule has 0 unspecified atom stereocenters. The highest BCUT2D eigenvalue weighted by Crippen LogP contribution is 2.51. The van der Waals surface area contributed by atoms with E-state index in [1.807, 2.05) is 4.98 Å². The third-order valence-electron chi connectivity index (χ3n) is 3.41. The molecule has 2 saturated heterocycles. The van der Waals surface area contributed by atoms with Gasteiger partial charge in [0.1, 0.15) is 18.3 Å². The van der Waals surface area contributed by atoms with E-state index < -0.39 is 56.0 Å². The van der Waals surface area contributed by atoms with Crippen molar-refractivity contribution in [3.8, 4) is 0 Å². The maximum absolute atomic E-state index is 11.8. The Labute approximate surface area is 122 Å². The Morgan fingerprint density at radius 3 is 2.50 bits per heavy atom.